The Kier molecular flexibility index (Phi) is 2.63. The Hall–Kier alpha value is -2.49. The van der Waals surface area contributed by atoms with Crippen molar-refractivity contribution < 1.29 is 0 Å². The molecule has 19 heavy (non-hydrogen) atoms. The molecular formula is C15H16N4. The normalized spacial score (nSPS) is 10.8. The number of aromatic nitrogens is 2. The Morgan fingerprint density at radius 2 is 1.95 bits per heavy atom. The van der Waals surface area contributed by atoms with E-state index in [2.05, 4.69) is 47.6 Å². The Bertz CT molecular complexity index is 743. The molecular weight excluding hydrogens is 236 g/mol. The molecule has 0 aliphatic carbocycles. The first-order valence-electron chi connectivity index (χ1n) is 6.20. The van der Waals surface area contributed by atoms with Gasteiger partial charge < -0.3 is 11.1 Å². The van der Waals surface area contributed by atoms with Gasteiger partial charge in [0.1, 0.15) is 0 Å². The number of nitrogens with one attached hydrogen (secondary N) is 2. The third-order valence-corrected chi connectivity index (χ3v) is 3.40. The van der Waals surface area contributed by atoms with Gasteiger partial charge >= 0.3 is 0 Å². The van der Waals surface area contributed by atoms with Crippen LogP contribution in [-0.4, -0.2) is 10.2 Å². The molecule has 0 bridgehead atoms. The monoisotopic (exact) mass is 252 g/mol. The molecule has 0 saturated heterocycles. The topological polar surface area (TPSA) is 66.7 Å². The molecule has 0 saturated carbocycles. The maximum Gasteiger partial charge on any atom is 0.0672 e. The van der Waals surface area contributed by atoms with Crippen molar-refractivity contribution in [1.82, 2.24) is 10.2 Å². The minimum absolute atomic E-state index is 0.715. The molecule has 1 heterocycles. The second-order valence-corrected chi connectivity index (χ2v) is 4.82. The number of nitrogens with two attached hydrogens (primary N) is 1. The van der Waals surface area contributed by atoms with Crippen LogP contribution < -0.4 is 11.1 Å². The van der Waals surface area contributed by atoms with Crippen molar-refractivity contribution in [2.45, 2.75) is 13.8 Å². The minimum Gasteiger partial charge on any atom is -0.397 e. The molecule has 0 amide bonds. The van der Waals surface area contributed by atoms with Crippen molar-refractivity contribution in [2.24, 2.45) is 0 Å². The van der Waals surface area contributed by atoms with Gasteiger partial charge in [0.05, 0.1) is 23.1 Å². The highest BCUT2D eigenvalue weighted by atomic mass is 15.1. The quantitative estimate of drug-likeness (QED) is 0.611. The van der Waals surface area contributed by atoms with Gasteiger partial charge in [0.2, 0.25) is 0 Å². The van der Waals surface area contributed by atoms with Crippen LogP contribution >= 0.6 is 0 Å². The van der Waals surface area contributed by atoms with Gasteiger partial charge in [0.15, 0.2) is 0 Å². The number of hydrogen-bond donors (Lipinski definition) is 3. The summed E-state index contributed by atoms with van der Waals surface area (Å²) in [7, 11) is 0. The number of aryl methyl sites for hydroxylation is 2. The fourth-order valence-electron chi connectivity index (χ4n) is 2.09. The van der Waals surface area contributed by atoms with E-state index < -0.39 is 0 Å². The highest BCUT2D eigenvalue weighted by Gasteiger charge is 2.04. The molecule has 3 rings (SSSR count). The molecule has 4 N–H and O–H groups in total. The summed E-state index contributed by atoms with van der Waals surface area (Å²) in [4.78, 5) is 0. The summed E-state index contributed by atoms with van der Waals surface area (Å²) in [6.07, 6.45) is 1.77. The molecule has 0 radical (unpaired) electrons. The average Bonchev–Trinajstić information content (AvgIpc) is 2.81. The van der Waals surface area contributed by atoms with E-state index in [0.717, 1.165) is 22.3 Å². The van der Waals surface area contributed by atoms with E-state index in [-0.39, 0.29) is 0 Å². The second-order valence-electron chi connectivity index (χ2n) is 4.82. The lowest BCUT2D eigenvalue weighted by molar-refractivity contribution is 1.12. The SMILES string of the molecule is Cc1ccc(Nc2cc3[nH]ncc3cc2N)cc1C. The molecule has 0 atom stereocenters. The second kappa shape index (κ2) is 4.31. The van der Waals surface area contributed by atoms with E-state index in [9.17, 15) is 0 Å². The Balaban J connectivity index is 1.99. The van der Waals surface area contributed by atoms with E-state index in [1.165, 1.54) is 11.1 Å². The number of H-pyrrole nitrogens is 1. The lowest BCUT2D eigenvalue weighted by Gasteiger charge is -2.11. The summed E-state index contributed by atoms with van der Waals surface area (Å²) >= 11 is 0. The fraction of sp³-hybridized carbons (Fsp3) is 0.133. The standard InChI is InChI=1S/C15H16N4/c1-9-3-4-12(5-10(9)2)18-15-7-14-11(6-13(15)16)8-17-19-14/h3-8,18H,16H2,1-2H3,(H,17,19). The van der Waals surface area contributed by atoms with Gasteiger partial charge in [-0.15, -0.1) is 0 Å². The zero-order chi connectivity index (χ0) is 13.4. The van der Waals surface area contributed by atoms with E-state index >= 15 is 0 Å². The van der Waals surface area contributed by atoms with Crippen LogP contribution in [0.2, 0.25) is 0 Å². The molecule has 1 aromatic heterocycles. The summed E-state index contributed by atoms with van der Waals surface area (Å²) in [5, 5.41) is 11.3. The summed E-state index contributed by atoms with van der Waals surface area (Å²) in [5.74, 6) is 0. The minimum atomic E-state index is 0.715. The van der Waals surface area contributed by atoms with Crippen molar-refractivity contribution in [2.75, 3.05) is 11.1 Å². The number of anilines is 3. The zero-order valence-electron chi connectivity index (χ0n) is 11.0. The van der Waals surface area contributed by atoms with E-state index in [1.54, 1.807) is 6.20 Å². The molecule has 0 aliphatic heterocycles. The lowest BCUT2D eigenvalue weighted by atomic mass is 10.1. The van der Waals surface area contributed by atoms with Gasteiger partial charge in [-0.2, -0.15) is 5.10 Å². The molecule has 0 aliphatic rings. The number of fused-ring (bicyclic) bond motifs is 1. The Morgan fingerprint density at radius 1 is 1.11 bits per heavy atom. The molecule has 0 spiro atoms. The van der Waals surface area contributed by atoms with Gasteiger partial charge in [0.25, 0.3) is 0 Å². The van der Waals surface area contributed by atoms with Gasteiger partial charge in [-0.3, -0.25) is 5.10 Å². The summed E-state index contributed by atoms with van der Waals surface area (Å²) in [5.41, 5.74) is 12.2. The van der Waals surface area contributed by atoms with Crippen LogP contribution in [0.25, 0.3) is 10.9 Å². The first-order valence-corrected chi connectivity index (χ1v) is 6.20. The largest absolute Gasteiger partial charge is 0.397 e. The molecule has 4 nitrogen and oxygen atoms in total. The lowest BCUT2D eigenvalue weighted by Crippen LogP contribution is -1.97. The summed E-state index contributed by atoms with van der Waals surface area (Å²) in [6.45, 7) is 4.20. The van der Waals surface area contributed by atoms with Crippen LogP contribution in [0.5, 0.6) is 0 Å². The van der Waals surface area contributed by atoms with Crippen LogP contribution in [0.4, 0.5) is 17.1 Å². The zero-order valence-corrected chi connectivity index (χ0v) is 11.0. The number of aromatic amines is 1. The van der Waals surface area contributed by atoms with Crippen molar-refractivity contribution >= 4 is 28.0 Å². The fourth-order valence-corrected chi connectivity index (χ4v) is 2.09. The molecule has 4 heteroatoms. The molecule has 3 aromatic rings. The van der Waals surface area contributed by atoms with Crippen LogP contribution in [-0.2, 0) is 0 Å². The molecule has 0 fully saturated rings. The number of nitrogen functional groups attached to an aromatic ring is 1. The number of benzene rings is 2. The van der Waals surface area contributed by atoms with Crippen molar-refractivity contribution in [1.29, 1.82) is 0 Å². The highest BCUT2D eigenvalue weighted by Crippen LogP contribution is 2.28. The molecule has 96 valence electrons. The van der Waals surface area contributed by atoms with Crippen molar-refractivity contribution in [3.63, 3.8) is 0 Å². The van der Waals surface area contributed by atoms with Crippen LogP contribution in [0, 0.1) is 13.8 Å². The first-order chi connectivity index (χ1) is 9.13. The third kappa shape index (κ3) is 2.12. The Labute approximate surface area is 111 Å². The average molecular weight is 252 g/mol. The number of nitrogens with zero attached hydrogens (tertiary/aromatic N) is 1. The van der Waals surface area contributed by atoms with E-state index in [1.807, 2.05) is 12.1 Å². The molecule has 2 aromatic carbocycles. The van der Waals surface area contributed by atoms with Crippen molar-refractivity contribution in [3.05, 3.63) is 47.7 Å². The predicted octanol–water partition coefficient (Wildman–Crippen LogP) is 3.51. The van der Waals surface area contributed by atoms with E-state index in [4.69, 9.17) is 5.73 Å². The summed E-state index contributed by atoms with van der Waals surface area (Å²) in [6, 6.07) is 10.2. The maximum absolute atomic E-state index is 6.06. The molecule has 0 unspecified atom stereocenters. The highest BCUT2D eigenvalue weighted by molar-refractivity contribution is 5.89. The van der Waals surface area contributed by atoms with Crippen LogP contribution in [0.15, 0.2) is 36.5 Å². The number of hydrogen-bond acceptors (Lipinski definition) is 3. The van der Waals surface area contributed by atoms with Gasteiger partial charge in [-0.1, -0.05) is 6.07 Å². The van der Waals surface area contributed by atoms with Gasteiger partial charge in [-0.05, 0) is 49.2 Å². The summed E-state index contributed by atoms with van der Waals surface area (Å²) < 4.78 is 0. The first kappa shape index (κ1) is 11.6. The smallest absolute Gasteiger partial charge is 0.0672 e. The predicted molar refractivity (Wildman–Crippen MR) is 79.7 cm³/mol. The Morgan fingerprint density at radius 3 is 2.74 bits per heavy atom. The van der Waals surface area contributed by atoms with Gasteiger partial charge in [0, 0.05) is 11.1 Å². The number of rotatable bonds is 2. The maximum atomic E-state index is 6.06. The van der Waals surface area contributed by atoms with E-state index in [0.29, 0.717) is 5.69 Å². The van der Waals surface area contributed by atoms with Crippen molar-refractivity contribution in [3.8, 4) is 0 Å². The third-order valence-electron chi connectivity index (χ3n) is 3.40. The van der Waals surface area contributed by atoms with Crippen LogP contribution in [0.3, 0.4) is 0 Å². The van der Waals surface area contributed by atoms with Gasteiger partial charge in [-0.25, -0.2) is 0 Å². The van der Waals surface area contributed by atoms with Crippen LogP contribution in [0.1, 0.15) is 11.1 Å².